The van der Waals surface area contributed by atoms with Gasteiger partial charge in [0.25, 0.3) is 0 Å². The molecule has 0 aromatic rings. The summed E-state index contributed by atoms with van der Waals surface area (Å²) < 4.78 is 0. The molecule has 1 fully saturated rings. The molecule has 0 radical (unpaired) electrons. The van der Waals surface area contributed by atoms with Crippen molar-refractivity contribution < 1.29 is 9.90 Å². The first-order chi connectivity index (χ1) is 6.59. The van der Waals surface area contributed by atoms with Gasteiger partial charge in [0, 0.05) is 6.04 Å². The molecule has 80 valence electrons. The molecule has 0 aliphatic carbocycles. The topological polar surface area (TPSA) is 40.5 Å². The van der Waals surface area contributed by atoms with Crippen molar-refractivity contribution >= 4 is 5.97 Å². The summed E-state index contributed by atoms with van der Waals surface area (Å²) >= 11 is 0. The molecule has 3 heteroatoms. The average molecular weight is 197 g/mol. The molecular formula is C11H19NO2. The Labute approximate surface area is 85.4 Å². The van der Waals surface area contributed by atoms with Gasteiger partial charge in [0.2, 0.25) is 0 Å². The van der Waals surface area contributed by atoms with E-state index in [-0.39, 0.29) is 6.42 Å². The Morgan fingerprint density at radius 2 is 2.29 bits per heavy atom. The predicted molar refractivity (Wildman–Crippen MR) is 56.3 cm³/mol. The molecule has 0 aromatic heterocycles. The van der Waals surface area contributed by atoms with Crippen LogP contribution in [0.3, 0.4) is 0 Å². The highest BCUT2D eigenvalue weighted by Gasteiger charge is 2.19. The van der Waals surface area contributed by atoms with E-state index in [0.29, 0.717) is 6.04 Å². The highest BCUT2D eigenvalue weighted by molar-refractivity contribution is 5.69. The van der Waals surface area contributed by atoms with Crippen LogP contribution >= 0.6 is 0 Å². The van der Waals surface area contributed by atoms with Crippen LogP contribution in [0.2, 0.25) is 0 Å². The van der Waals surface area contributed by atoms with Crippen molar-refractivity contribution in [1.82, 2.24) is 4.90 Å². The second-order valence-corrected chi connectivity index (χ2v) is 4.15. The van der Waals surface area contributed by atoms with Crippen LogP contribution in [-0.4, -0.2) is 35.6 Å². The van der Waals surface area contributed by atoms with Crippen molar-refractivity contribution in [2.45, 2.75) is 38.1 Å². The number of rotatable bonds is 4. The van der Waals surface area contributed by atoms with Crippen molar-refractivity contribution in [3.63, 3.8) is 0 Å². The quantitative estimate of drug-likeness (QED) is 0.700. The summed E-state index contributed by atoms with van der Waals surface area (Å²) in [4.78, 5) is 12.8. The Morgan fingerprint density at radius 3 is 2.86 bits per heavy atom. The average Bonchev–Trinajstić information content (AvgIpc) is 2.07. The lowest BCUT2D eigenvalue weighted by atomic mass is 9.95. The number of carbonyl (C=O) groups is 1. The lowest BCUT2D eigenvalue weighted by Gasteiger charge is -2.32. The molecule has 1 heterocycles. The first-order valence-electron chi connectivity index (χ1n) is 5.18. The number of hydrogen-bond donors (Lipinski definition) is 1. The molecule has 1 rings (SSSR count). The van der Waals surface area contributed by atoms with Crippen LogP contribution in [-0.2, 0) is 4.79 Å². The Balaban J connectivity index is 2.34. The third kappa shape index (κ3) is 3.50. The van der Waals surface area contributed by atoms with Crippen LogP contribution in [0.25, 0.3) is 0 Å². The summed E-state index contributed by atoms with van der Waals surface area (Å²) in [5.41, 5.74) is 0.844. The zero-order chi connectivity index (χ0) is 10.6. The third-order valence-electron chi connectivity index (χ3n) is 2.85. The Morgan fingerprint density at radius 1 is 1.57 bits per heavy atom. The van der Waals surface area contributed by atoms with E-state index in [1.54, 1.807) is 0 Å². The zero-order valence-corrected chi connectivity index (χ0v) is 8.83. The lowest BCUT2D eigenvalue weighted by Crippen LogP contribution is -2.36. The fraction of sp³-hybridized carbons (Fsp3) is 0.727. The second kappa shape index (κ2) is 5.15. The first-order valence-corrected chi connectivity index (χ1v) is 5.18. The van der Waals surface area contributed by atoms with E-state index in [4.69, 9.17) is 5.11 Å². The number of piperidine rings is 1. The van der Waals surface area contributed by atoms with E-state index >= 15 is 0 Å². The summed E-state index contributed by atoms with van der Waals surface area (Å²) in [5.74, 6) is -0.770. The fourth-order valence-corrected chi connectivity index (χ4v) is 2.02. The maximum absolute atomic E-state index is 10.5. The van der Waals surface area contributed by atoms with Gasteiger partial charge in [-0.15, -0.1) is 0 Å². The van der Waals surface area contributed by atoms with Crippen LogP contribution in [0.4, 0.5) is 0 Å². The Bertz CT molecular complexity index is 225. The summed E-state index contributed by atoms with van der Waals surface area (Å²) in [7, 11) is 2.11. The van der Waals surface area contributed by atoms with E-state index in [1.807, 2.05) is 0 Å². The third-order valence-corrected chi connectivity index (χ3v) is 2.85. The highest BCUT2D eigenvalue weighted by atomic mass is 16.4. The standard InChI is InChI=1S/C11H19NO2/c1-9(8-11(13)14)7-10-5-3-4-6-12(10)2/h10H,1,3-8H2,2H3,(H,13,14). The largest absolute Gasteiger partial charge is 0.481 e. The van der Waals surface area contributed by atoms with Crippen molar-refractivity contribution in [3.05, 3.63) is 12.2 Å². The van der Waals surface area contributed by atoms with Crippen LogP contribution < -0.4 is 0 Å². The van der Waals surface area contributed by atoms with Gasteiger partial charge in [0.05, 0.1) is 6.42 Å². The molecule has 3 nitrogen and oxygen atoms in total. The molecule has 1 atom stereocenters. The Hall–Kier alpha value is -0.830. The van der Waals surface area contributed by atoms with Crippen LogP contribution in [0.15, 0.2) is 12.2 Å². The maximum Gasteiger partial charge on any atom is 0.307 e. The van der Waals surface area contributed by atoms with Gasteiger partial charge in [0.15, 0.2) is 0 Å². The number of hydrogen-bond acceptors (Lipinski definition) is 2. The van der Waals surface area contributed by atoms with Gasteiger partial charge < -0.3 is 10.0 Å². The van der Waals surface area contributed by atoms with E-state index in [1.165, 1.54) is 19.3 Å². The van der Waals surface area contributed by atoms with E-state index in [0.717, 1.165) is 18.5 Å². The van der Waals surface area contributed by atoms with E-state index < -0.39 is 5.97 Å². The molecule has 1 unspecified atom stereocenters. The molecule has 0 bridgehead atoms. The minimum atomic E-state index is -0.770. The lowest BCUT2D eigenvalue weighted by molar-refractivity contribution is -0.136. The molecule has 1 saturated heterocycles. The molecule has 0 amide bonds. The monoisotopic (exact) mass is 197 g/mol. The van der Waals surface area contributed by atoms with Gasteiger partial charge >= 0.3 is 5.97 Å². The summed E-state index contributed by atoms with van der Waals surface area (Å²) in [5, 5.41) is 8.60. The van der Waals surface area contributed by atoms with Gasteiger partial charge in [-0.1, -0.05) is 18.6 Å². The number of aliphatic carboxylic acids is 1. The van der Waals surface area contributed by atoms with Crippen LogP contribution in [0.5, 0.6) is 0 Å². The van der Waals surface area contributed by atoms with E-state index in [9.17, 15) is 4.79 Å². The zero-order valence-electron chi connectivity index (χ0n) is 8.83. The Kier molecular flexibility index (Phi) is 4.14. The molecule has 1 N–H and O–H groups in total. The number of likely N-dealkylation sites (tertiary alicyclic amines) is 1. The minimum Gasteiger partial charge on any atom is -0.481 e. The van der Waals surface area contributed by atoms with Crippen molar-refractivity contribution in [2.24, 2.45) is 0 Å². The second-order valence-electron chi connectivity index (χ2n) is 4.15. The van der Waals surface area contributed by atoms with Gasteiger partial charge in [-0.25, -0.2) is 0 Å². The molecule has 0 spiro atoms. The van der Waals surface area contributed by atoms with Gasteiger partial charge in [-0.3, -0.25) is 4.79 Å². The smallest absolute Gasteiger partial charge is 0.307 e. The van der Waals surface area contributed by atoms with Crippen molar-refractivity contribution in [2.75, 3.05) is 13.6 Å². The summed E-state index contributed by atoms with van der Waals surface area (Å²) in [6.45, 7) is 4.95. The molecular weight excluding hydrogens is 178 g/mol. The maximum atomic E-state index is 10.5. The van der Waals surface area contributed by atoms with Gasteiger partial charge in [0.1, 0.15) is 0 Å². The fourth-order valence-electron chi connectivity index (χ4n) is 2.02. The number of carboxylic acids is 1. The van der Waals surface area contributed by atoms with Crippen molar-refractivity contribution in [1.29, 1.82) is 0 Å². The van der Waals surface area contributed by atoms with Crippen LogP contribution in [0, 0.1) is 0 Å². The molecule has 0 aromatic carbocycles. The number of nitrogens with zero attached hydrogens (tertiary/aromatic N) is 1. The first kappa shape index (κ1) is 11.2. The van der Waals surface area contributed by atoms with Gasteiger partial charge in [-0.2, -0.15) is 0 Å². The summed E-state index contributed by atoms with van der Waals surface area (Å²) in [6.07, 6.45) is 4.65. The SMILES string of the molecule is C=C(CC(=O)O)CC1CCCCN1C. The highest BCUT2D eigenvalue weighted by Crippen LogP contribution is 2.21. The molecule has 1 aliphatic rings. The normalized spacial score (nSPS) is 23.4. The summed E-state index contributed by atoms with van der Waals surface area (Å²) in [6, 6.07) is 0.510. The molecule has 0 saturated carbocycles. The molecule has 1 aliphatic heterocycles. The predicted octanol–water partition coefficient (Wildman–Crippen LogP) is 1.89. The number of carboxylic acid groups (broad SMARTS) is 1. The van der Waals surface area contributed by atoms with Gasteiger partial charge in [-0.05, 0) is 32.9 Å². The van der Waals surface area contributed by atoms with E-state index in [2.05, 4.69) is 18.5 Å². The van der Waals surface area contributed by atoms with Crippen LogP contribution in [0.1, 0.15) is 32.1 Å². The van der Waals surface area contributed by atoms with Crippen molar-refractivity contribution in [3.8, 4) is 0 Å². The minimum absolute atomic E-state index is 0.115. The molecule has 14 heavy (non-hydrogen) atoms.